The lowest BCUT2D eigenvalue weighted by Crippen LogP contribution is -1.94. The van der Waals surface area contributed by atoms with E-state index in [2.05, 4.69) is 319 Å². The van der Waals surface area contributed by atoms with Gasteiger partial charge in [0.15, 0.2) is 0 Å². The molecule has 0 aliphatic heterocycles. The van der Waals surface area contributed by atoms with Crippen LogP contribution in [0, 0.1) is 0 Å². The van der Waals surface area contributed by atoms with Gasteiger partial charge in [0.2, 0.25) is 0 Å². The first kappa shape index (κ1) is 71.5. The van der Waals surface area contributed by atoms with Crippen molar-refractivity contribution < 1.29 is 0 Å². The standard InChI is InChI=1S/C61H39N5.C49H31N5/c1-3-9-40(10-4-1)50-29-32-56(63-39-50)58-38-51(37-57(64-58)47-23-19-43(20-24-47)45-33-35-62-36-34-45)44-17-15-41(16-18-44)42-21-25-48(26-22-42)59-52-13-7-8-14-55(52)66-61-53(59)30-27-49-28-31-54(65-60(49)61)46-11-5-2-6-12-46;1-2-9-32(10-3-1)39-22-24-44(52-31-39)46-29-40(28-45(53-46)34-19-17-33(18-20-34)38-14-7-25-50-30-38)36-11-6-12-37(27-36)47-41-15-4-5-16-43(41)54-49-42(47)23-21-35-13-8-26-51-48(35)49/h1-39H;1-31H. The Balaban J connectivity index is 0.000000151. The fourth-order valence-electron chi connectivity index (χ4n) is 16.4. The predicted octanol–water partition coefficient (Wildman–Crippen LogP) is 27.6. The van der Waals surface area contributed by atoms with Gasteiger partial charge >= 0.3 is 0 Å². The Morgan fingerprint density at radius 3 is 1.07 bits per heavy atom. The Bertz CT molecular complexity index is 7350. The van der Waals surface area contributed by atoms with E-state index in [-0.39, 0.29) is 0 Å². The summed E-state index contributed by atoms with van der Waals surface area (Å²) in [5, 5.41) is 6.51. The van der Waals surface area contributed by atoms with Crippen LogP contribution in [0.1, 0.15) is 0 Å². The zero-order valence-electron chi connectivity index (χ0n) is 64.9. The van der Waals surface area contributed by atoms with Crippen LogP contribution in [0.15, 0.2) is 426 Å². The molecule has 0 aliphatic carbocycles. The van der Waals surface area contributed by atoms with E-state index in [0.717, 1.165) is 222 Å². The van der Waals surface area contributed by atoms with E-state index < -0.39 is 0 Å². The fourth-order valence-corrected chi connectivity index (χ4v) is 16.4. The maximum absolute atomic E-state index is 5.23. The Morgan fingerprint density at radius 1 is 0.150 bits per heavy atom. The molecule has 0 spiro atoms. The Kier molecular flexibility index (Phi) is 18.7. The van der Waals surface area contributed by atoms with Crippen molar-refractivity contribution in [2.45, 2.75) is 0 Å². The van der Waals surface area contributed by atoms with Crippen LogP contribution < -0.4 is 0 Å². The second kappa shape index (κ2) is 31.5. The molecule has 0 aliphatic rings. The molecule has 0 fully saturated rings. The third kappa shape index (κ3) is 14.2. The van der Waals surface area contributed by atoms with Crippen LogP contribution in [0.5, 0.6) is 0 Å². The van der Waals surface area contributed by atoms with Gasteiger partial charge in [-0.05, 0) is 163 Å². The van der Waals surface area contributed by atoms with Gasteiger partial charge in [0, 0.05) is 115 Å². The van der Waals surface area contributed by atoms with Gasteiger partial charge in [0.25, 0.3) is 0 Å². The van der Waals surface area contributed by atoms with Crippen LogP contribution in [0.2, 0.25) is 0 Å². The van der Waals surface area contributed by atoms with E-state index >= 15 is 0 Å². The molecule has 10 nitrogen and oxygen atoms in total. The first-order chi connectivity index (χ1) is 59.4. The summed E-state index contributed by atoms with van der Waals surface area (Å²) >= 11 is 0. The molecule has 10 heteroatoms. The molecule has 22 aromatic rings. The highest BCUT2D eigenvalue weighted by molar-refractivity contribution is 6.18. The molecule has 12 aromatic carbocycles. The number of benzene rings is 12. The number of pyridine rings is 10. The van der Waals surface area contributed by atoms with E-state index in [1.165, 1.54) is 0 Å². The summed E-state index contributed by atoms with van der Waals surface area (Å²) < 4.78 is 0. The summed E-state index contributed by atoms with van der Waals surface area (Å²) in [4.78, 5) is 49.1. The van der Waals surface area contributed by atoms with Gasteiger partial charge in [-0.2, -0.15) is 0 Å². The van der Waals surface area contributed by atoms with E-state index in [4.69, 9.17) is 39.9 Å². The molecule has 22 rings (SSSR count). The van der Waals surface area contributed by atoms with Crippen molar-refractivity contribution in [1.82, 2.24) is 49.8 Å². The average Bonchev–Trinajstić information content (AvgIpc) is 0.748. The molecule has 0 saturated heterocycles. The lowest BCUT2D eigenvalue weighted by molar-refractivity contribution is 1.25. The van der Waals surface area contributed by atoms with Gasteiger partial charge < -0.3 is 0 Å². The summed E-state index contributed by atoms with van der Waals surface area (Å²) in [7, 11) is 0. The van der Waals surface area contributed by atoms with Crippen LogP contribution in [0.4, 0.5) is 0 Å². The van der Waals surface area contributed by atoms with Gasteiger partial charge in [-0.25, -0.2) is 24.9 Å². The highest BCUT2D eigenvalue weighted by atomic mass is 14.8. The molecule has 0 N–H and O–H groups in total. The lowest BCUT2D eigenvalue weighted by atomic mass is 9.92. The van der Waals surface area contributed by atoms with Crippen molar-refractivity contribution in [3.05, 3.63) is 426 Å². The number of rotatable bonds is 14. The van der Waals surface area contributed by atoms with E-state index in [1.807, 2.05) is 110 Å². The van der Waals surface area contributed by atoms with Crippen LogP contribution in [0.25, 0.3) is 222 Å². The van der Waals surface area contributed by atoms with Gasteiger partial charge in [-0.15, -0.1) is 0 Å². The van der Waals surface area contributed by atoms with Crippen molar-refractivity contribution in [3.8, 4) is 157 Å². The van der Waals surface area contributed by atoms with Crippen molar-refractivity contribution in [3.63, 3.8) is 0 Å². The minimum absolute atomic E-state index is 0.807. The molecule has 120 heavy (non-hydrogen) atoms. The number of fused-ring (bicyclic) bond motifs is 8. The molecule has 0 amide bonds. The summed E-state index contributed by atoms with van der Waals surface area (Å²) in [5.74, 6) is 0. The molecular formula is C110H70N10. The second-order valence-corrected chi connectivity index (χ2v) is 29.9. The Labute approximate surface area is 693 Å². The first-order valence-electron chi connectivity index (χ1n) is 40.1. The van der Waals surface area contributed by atoms with Crippen molar-refractivity contribution >= 4 is 65.4 Å². The van der Waals surface area contributed by atoms with Crippen LogP contribution in [0.3, 0.4) is 0 Å². The van der Waals surface area contributed by atoms with Crippen molar-refractivity contribution in [1.29, 1.82) is 0 Å². The van der Waals surface area contributed by atoms with Gasteiger partial charge in [-0.1, -0.05) is 297 Å². The van der Waals surface area contributed by atoms with E-state index in [0.29, 0.717) is 0 Å². The molecule has 10 aromatic heterocycles. The number of nitrogens with zero attached hydrogens (tertiary/aromatic N) is 10. The van der Waals surface area contributed by atoms with Crippen LogP contribution in [-0.2, 0) is 0 Å². The minimum Gasteiger partial charge on any atom is -0.265 e. The number of para-hydroxylation sites is 2. The van der Waals surface area contributed by atoms with Crippen molar-refractivity contribution in [2.75, 3.05) is 0 Å². The SMILES string of the molecule is c1ccc(-c2ccc(-c3cc(-c4ccc(-c5ccc(-c6c7ccccc7nc7c6ccc6ccc(-c8ccccc8)nc67)cc5)cc4)cc(-c4ccc(-c5ccncc5)cc4)n3)nc2)cc1.c1ccc(-c2ccc(-c3cc(-c4cccc(-c5c6ccccc6nc6c5ccc5cccnc56)c4)cc(-c4ccc(-c5cccnc5)cc4)n3)nc2)cc1. The third-order valence-corrected chi connectivity index (χ3v) is 22.5. The van der Waals surface area contributed by atoms with Crippen molar-refractivity contribution in [2.24, 2.45) is 0 Å². The quantitative estimate of drug-likeness (QED) is 0.0766. The molecule has 0 saturated carbocycles. The highest BCUT2D eigenvalue weighted by Gasteiger charge is 2.21. The monoisotopic (exact) mass is 1530 g/mol. The maximum atomic E-state index is 5.23. The highest BCUT2D eigenvalue weighted by Crippen LogP contribution is 2.43. The van der Waals surface area contributed by atoms with E-state index in [9.17, 15) is 0 Å². The Morgan fingerprint density at radius 2 is 0.533 bits per heavy atom. The smallest absolute Gasteiger partial charge is 0.0978 e. The zero-order valence-corrected chi connectivity index (χ0v) is 64.9. The first-order valence-corrected chi connectivity index (χ1v) is 40.1. The molecule has 0 unspecified atom stereocenters. The average molecular weight is 1530 g/mol. The molecule has 0 atom stereocenters. The topological polar surface area (TPSA) is 129 Å². The minimum atomic E-state index is 0.807. The number of aromatic nitrogens is 10. The summed E-state index contributed by atoms with van der Waals surface area (Å²) in [6.07, 6.45) is 13.0. The van der Waals surface area contributed by atoms with Gasteiger partial charge in [0.1, 0.15) is 0 Å². The summed E-state index contributed by atoms with van der Waals surface area (Å²) in [5.41, 5.74) is 34.5. The number of hydrogen-bond acceptors (Lipinski definition) is 10. The fraction of sp³-hybridized carbons (Fsp3) is 0. The van der Waals surface area contributed by atoms with Gasteiger partial charge in [0.05, 0.1) is 73.0 Å². The zero-order chi connectivity index (χ0) is 79.7. The van der Waals surface area contributed by atoms with Crippen LogP contribution in [-0.4, -0.2) is 49.8 Å². The molecular weight excluding hydrogens is 1460 g/mol. The normalized spacial score (nSPS) is 11.3. The largest absolute Gasteiger partial charge is 0.265 e. The summed E-state index contributed by atoms with van der Waals surface area (Å²) in [6, 6.07) is 134. The Hall–Kier alpha value is -16.3. The molecule has 0 bridgehead atoms. The third-order valence-electron chi connectivity index (χ3n) is 22.5. The molecule has 0 radical (unpaired) electrons. The van der Waals surface area contributed by atoms with Crippen LogP contribution >= 0.6 is 0 Å². The summed E-state index contributed by atoms with van der Waals surface area (Å²) in [6.45, 7) is 0. The predicted molar refractivity (Wildman–Crippen MR) is 492 cm³/mol. The molecule has 10 heterocycles. The lowest BCUT2D eigenvalue weighted by Gasteiger charge is -2.15. The van der Waals surface area contributed by atoms with Gasteiger partial charge in [-0.3, -0.25) is 24.9 Å². The number of hydrogen-bond donors (Lipinski definition) is 0. The maximum Gasteiger partial charge on any atom is 0.0978 e. The molecule has 560 valence electrons. The van der Waals surface area contributed by atoms with E-state index in [1.54, 1.807) is 6.20 Å². The second-order valence-electron chi connectivity index (χ2n) is 29.9.